The second-order valence-electron chi connectivity index (χ2n) is 5.72. The van der Waals surface area contributed by atoms with Gasteiger partial charge in [-0.05, 0) is 12.1 Å². The van der Waals surface area contributed by atoms with E-state index in [0.29, 0.717) is 11.6 Å². The van der Waals surface area contributed by atoms with E-state index in [9.17, 15) is 4.79 Å². The number of para-hydroxylation sites is 1. The molecule has 126 valence electrons. The number of rotatable bonds is 5. The average molecular weight is 356 g/mol. The molecular formula is C16H22ClN3O2S. The standard InChI is InChI=1S/C16H22ClN3O2S/c17-13-3-1-2-4-15(13)22-10-9-19-5-7-20(8-6-19)16(21)14-11-23-12-18-14/h1-4,14,18H,5-12H2. The molecule has 1 aromatic rings. The lowest BCUT2D eigenvalue weighted by atomic mass is 10.2. The van der Waals surface area contributed by atoms with Crippen LogP contribution in [0.15, 0.2) is 24.3 Å². The number of hydrogen-bond donors (Lipinski definition) is 1. The molecule has 2 saturated heterocycles. The van der Waals surface area contributed by atoms with Gasteiger partial charge in [0.05, 0.1) is 11.1 Å². The molecule has 2 aliphatic rings. The second kappa shape index (κ2) is 8.24. The summed E-state index contributed by atoms with van der Waals surface area (Å²) < 4.78 is 5.73. The number of nitrogens with zero attached hydrogens (tertiary/aromatic N) is 2. The number of piperazine rings is 1. The van der Waals surface area contributed by atoms with E-state index in [0.717, 1.165) is 50.1 Å². The minimum atomic E-state index is 0.00936. The van der Waals surface area contributed by atoms with E-state index in [1.54, 1.807) is 11.8 Å². The summed E-state index contributed by atoms with van der Waals surface area (Å²) in [6, 6.07) is 7.53. The zero-order valence-electron chi connectivity index (χ0n) is 13.0. The molecule has 0 spiro atoms. The summed E-state index contributed by atoms with van der Waals surface area (Å²) in [6.07, 6.45) is 0. The smallest absolute Gasteiger partial charge is 0.240 e. The van der Waals surface area contributed by atoms with Crippen molar-refractivity contribution < 1.29 is 9.53 Å². The van der Waals surface area contributed by atoms with Crippen molar-refractivity contribution in [2.75, 3.05) is 51.0 Å². The number of carbonyl (C=O) groups excluding carboxylic acids is 1. The van der Waals surface area contributed by atoms with Crippen molar-refractivity contribution in [3.05, 3.63) is 29.3 Å². The molecular weight excluding hydrogens is 334 g/mol. The van der Waals surface area contributed by atoms with Crippen LogP contribution in [0.3, 0.4) is 0 Å². The van der Waals surface area contributed by atoms with E-state index in [2.05, 4.69) is 10.2 Å². The Morgan fingerprint density at radius 1 is 1.30 bits per heavy atom. The van der Waals surface area contributed by atoms with Gasteiger partial charge in [-0.1, -0.05) is 23.7 Å². The van der Waals surface area contributed by atoms with Crippen LogP contribution in [0, 0.1) is 0 Å². The maximum atomic E-state index is 12.3. The Labute approximate surface area is 146 Å². The Bertz CT molecular complexity index is 532. The monoisotopic (exact) mass is 355 g/mol. The van der Waals surface area contributed by atoms with Crippen LogP contribution in [0.1, 0.15) is 0 Å². The van der Waals surface area contributed by atoms with Crippen LogP contribution >= 0.6 is 23.4 Å². The molecule has 1 atom stereocenters. The highest BCUT2D eigenvalue weighted by Gasteiger charge is 2.29. The number of carbonyl (C=O) groups is 1. The Morgan fingerprint density at radius 3 is 2.78 bits per heavy atom. The second-order valence-corrected chi connectivity index (χ2v) is 7.16. The van der Waals surface area contributed by atoms with Gasteiger partial charge < -0.3 is 9.64 Å². The summed E-state index contributed by atoms with van der Waals surface area (Å²) in [5, 5.41) is 3.89. The molecule has 0 aromatic heterocycles. The molecule has 23 heavy (non-hydrogen) atoms. The molecule has 1 N–H and O–H groups in total. The zero-order valence-corrected chi connectivity index (χ0v) is 14.6. The van der Waals surface area contributed by atoms with Gasteiger partial charge >= 0.3 is 0 Å². The van der Waals surface area contributed by atoms with E-state index in [1.807, 2.05) is 29.2 Å². The van der Waals surface area contributed by atoms with Gasteiger partial charge in [0.15, 0.2) is 0 Å². The molecule has 1 amide bonds. The van der Waals surface area contributed by atoms with Crippen molar-refractivity contribution >= 4 is 29.3 Å². The Balaban J connectivity index is 1.37. The zero-order chi connectivity index (χ0) is 16.1. The molecule has 0 radical (unpaired) electrons. The van der Waals surface area contributed by atoms with Crippen LogP contribution in [0.2, 0.25) is 5.02 Å². The summed E-state index contributed by atoms with van der Waals surface area (Å²) >= 11 is 7.86. The molecule has 0 aliphatic carbocycles. The molecule has 0 saturated carbocycles. The lowest BCUT2D eigenvalue weighted by molar-refractivity contribution is -0.134. The Kier molecular flexibility index (Phi) is 6.05. The molecule has 2 fully saturated rings. The molecule has 7 heteroatoms. The average Bonchev–Trinajstić information content (AvgIpc) is 3.11. The van der Waals surface area contributed by atoms with Crippen molar-refractivity contribution in [3.8, 4) is 5.75 Å². The van der Waals surface area contributed by atoms with Gasteiger partial charge in [0.1, 0.15) is 12.4 Å². The fourth-order valence-corrected chi connectivity index (χ4v) is 3.94. The number of thioether (sulfide) groups is 1. The van der Waals surface area contributed by atoms with E-state index < -0.39 is 0 Å². The summed E-state index contributed by atoms with van der Waals surface area (Å²) in [5.41, 5.74) is 0. The molecule has 3 rings (SSSR count). The van der Waals surface area contributed by atoms with Gasteiger partial charge in [-0.3, -0.25) is 15.0 Å². The third-order valence-corrected chi connectivity index (χ3v) is 5.45. The highest BCUT2D eigenvalue weighted by Crippen LogP contribution is 2.23. The SMILES string of the molecule is O=C(C1CSCN1)N1CCN(CCOc2ccccc2Cl)CC1. The van der Waals surface area contributed by atoms with Gasteiger partial charge in [-0.2, -0.15) is 0 Å². The van der Waals surface area contributed by atoms with Crippen LogP contribution in [-0.4, -0.2) is 72.7 Å². The summed E-state index contributed by atoms with van der Waals surface area (Å²) in [6.45, 7) is 4.86. The van der Waals surface area contributed by atoms with Crippen molar-refractivity contribution in [3.63, 3.8) is 0 Å². The predicted octanol–water partition coefficient (Wildman–Crippen LogP) is 1.53. The lowest BCUT2D eigenvalue weighted by Crippen LogP contribution is -2.54. The summed E-state index contributed by atoms with van der Waals surface area (Å²) in [5.74, 6) is 2.76. The number of nitrogens with one attached hydrogen (secondary N) is 1. The maximum absolute atomic E-state index is 12.3. The highest BCUT2D eigenvalue weighted by atomic mass is 35.5. The fraction of sp³-hybridized carbons (Fsp3) is 0.562. The first-order chi connectivity index (χ1) is 11.2. The first-order valence-corrected chi connectivity index (χ1v) is 9.47. The van der Waals surface area contributed by atoms with Gasteiger partial charge in [0.2, 0.25) is 5.91 Å². The number of halogens is 1. The summed E-state index contributed by atoms with van der Waals surface area (Å²) in [4.78, 5) is 16.6. The first-order valence-electron chi connectivity index (χ1n) is 7.93. The van der Waals surface area contributed by atoms with Crippen molar-refractivity contribution in [1.82, 2.24) is 15.1 Å². The number of amides is 1. The van der Waals surface area contributed by atoms with Crippen LogP contribution in [0.4, 0.5) is 0 Å². The normalized spacial score (nSPS) is 22.3. The van der Waals surface area contributed by atoms with Crippen molar-refractivity contribution in [2.24, 2.45) is 0 Å². The number of ether oxygens (including phenoxy) is 1. The van der Waals surface area contributed by atoms with E-state index in [4.69, 9.17) is 16.3 Å². The Morgan fingerprint density at radius 2 is 2.09 bits per heavy atom. The predicted molar refractivity (Wildman–Crippen MR) is 94.2 cm³/mol. The Hall–Kier alpha value is -0.950. The van der Waals surface area contributed by atoms with Crippen LogP contribution in [0.25, 0.3) is 0 Å². The lowest BCUT2D eigenvalue weighted by Gasteiger charge is -2.35. The van der Waals surface area contributed by atoms with E-state index in [1.165, 1.54) is 0 Å². The van der Waals surface area contributed by atoms with Crippen LogP contribution in [-0.2, 0) is 4.79 Å². The van der Waals surface area contributed by atoms with Gasteiger partial charge in [-0.25, -0.2) is 0 Å². The van der Waals surface area contributed by atoms with Crippen LogP contribution < -0.4 is 10.1 Å². The molecule has 2 heterocycles. The van der Waals surface area contributed by atoms with Gasteiger partial charge in [0, 0.05) is 44.4 Å². The highest BCUT2D eigenvalue weighted by molar-refractivity contribution is 7.99. The minimum Gasteiger partial charge on any atom is -0.491 e. The third kappa shape index (κ3) is 4.53. The fourth-order valence-electron chi connectivity index (χ4n) is 2.81. The molecule has 2 aliphatic heterocycles. The molecule has 1 unspecified atom stereocenters. The molecule has 5 nitrogen and oxygen atoms in total. The topological polar surface area (TPSA) is 44.8 Å². The maximum Gasteiger partial charge on any atom is 0.240 e. The minimum absolute atomic E-state index is 0.00936. The van der Waals surface area contributed by atoms with Crippen LogP contribution in [0.5, 0.6) is 5.75 Å². The molecule has 0 bridgehead atoms. The quantitative estimate of drug-likeness (QED) is 0.867. The van der Waals surface area contributed by atoms with Gasteiger partial charge in [0.25, 0.3) is 0 Å². The van der Waals surface area contributed by atoms with Crippen molar-refractivity contribution in [1.29, 1.82) is 0 Å². The summed E-state index contributed by atoms with van der Waals surface area (Å²) in [7, 11) is 0. The number of hydrogen-bond acceptors (Lipinski definition) is 5. The largest absolute Gasteiger partial charge is 0.491 e. The van der Waals surface area contributed by atoms with E-state index in [-0.39, 0.29) is 11.9 Å². The molecule has 1 aromatic carbocycles. The first kappa shape index (κ1) is 16.9. The van der Waals surface area contributed by atoms with E-state index >= 15 is 0 Å². The van der Waals surface area contributed by atoms with Gasteiger partial charge in [-0.15, -0.1) is 11.8 Å². The van der Waals surface area contributed by atoms with Crippen molar-refractivity contribution in [2.45, 2.75) is 6.04 Å². The number of benzene rings is 1. The third-order valence-electron chi connectivity index (χ3n) is 4.20.